The molecule has 19 heavy (non-hydrogen) atoms. The van der Waals surface area contributed by atoms with Crippen molar-refractivity contribution in [3.8, 4) is 0 Å². The van der Waals surface area contributed by atoms with Gasteiger partial charge in [-0.2, -0.15) is 0 Å². The van der Waals surface area contributed by atoms with Crippen LogP contribution in [0.4, 0.5) is 0 Å². The maximum absolute atomic E-state index is 4.04. The average Bonchev–Trinajstić information content (AvgIpc) is 2.38. The predicted octanol–water partition coefficient (Wildman–Crippen LogP) is 4.04. The summed E-state index contributed by atoms with van der Waals surface area (Å²) < 4.78 is 0. The summed E-state index contributed by atoms with van der Waals surface area (Å²) in [6.45, 7) is 12.3. The second-order valence-corrected chi connectivity index (χ2v) is 6.63. The third-order valence-electron chi connectivity index (χ3n) is 4.26. The molecule has 2 nitrogen and oxygen atoms in total. The highest BCUT2D eigenvalue weighted by molar-refractivity contribution is 4.94. The van der Waals surface area contributed by atoms with Crippen molar-refractivity contribution in [3.63, 3.8) is 0 Å². The van der Waals surface area contributed by atoms with Crippen molar-refractivity contribution in [1.82, 2.24) is 10.2 Å². The standard InChI is InChI=1S/C17H34N2/c1-15(2)9-6-5-7-10-17-11-8-12-19(14-17)13-16(3)18-4/h15,17-18H,3,5-14H2,1-2,4H3. The lowest BCUT2D eigenvalue weighted by atomic mass is 9.92. The number of hydrogen-bond donors (Lipinski definition) is 1. The van der Waals surface area contributed by atoms with Crippen LogP contribution in [-0.4, -0.2) is 31.6 Å². The molecule has 0 aliphatic carbocycles. The van der Waals surface area contributed by atoms with E-state index in [4.69, 9.17) is 0 Å². The highest BCUT2D eigenvalue weighted by Gasteiger charge is 2.19. The molecule has 1 N–H and O–H groups in total. The van der Waals surface area contributed by atoms with E-state index in [1.165, 1.54) is 58.0 Å². The molecule has 0 bridgehead atoms. The molecule has 0 aromatic heterocycles. The van der Waals surface area contributed by atoms with E-state index in [0.717, 1.165) is 24.1 Å². The molecule has 1 rings (SSSR count). The van der Waals surface area contributed by atoms with Gasteiger partial charge in [-0.05, 0) is 37.6 Å². The summed E-state index contributed by atoms with van der Waals surface area (Å²) in [6.07, 6.45) is 9.92. The first-order chi connectivity index (χ1) is 9.11. The third kappa shape index (κ3) is 7.61. The Bertz CT molecular complexity index is 248. The predicted molar refractivity (Wildman–Crippen MR) is 85.3 cm³/mol. The van der Waals surface area contributed by atoms with Crippen molar-refractivity contribution in [1.29, 1.82) is 0 Å². The van der Waals surface area contributed by atoms with Crippen molar-refractivity contribution in [2.24, 2.45) is 11.8 Å². The van der Waals surface area contributed by atoms with Crippen LogP contribution in [0.3, 0.4) is 0 Å². The van der Waals surface area contributed by atoms with Gasteiger partial charge in [0.15, 0.2) is 0 Å². The van der Waals surface area contributed by atoms with Crippen LogP contribution in [0.5, 0.6) is 0 Å². The molecule has 1 aliphatic rings. The molecule has 1 aliphatic heterocycles. The Morgan fingerprint density at radius 2 is 2.11 bits per heavy atom. The number of unbranched alkanes of at least 4 members (excludes halogenated alkanes) is 2. The van der Waals surface area contributed by atoms with Crippen molar-refractivity contribution >= 4 is 0 Å². The first kappa shape index (κ1) is 16.6. The maximum atomic E-state index is 4.04. The fraction of sp³-hybridized carbons (Fsp3) is 0.882. The Hall–Kier alpha value is -0.500. The van der Waals surface area contributed by atoms with E-state index in [-0.39, 0.29) is 0 Å². The minimum atomic E-state index is 0.873. The van der Waals surface area contributed by atoms with E-state index in [2.05, 4.69) is 30.6 Å². The Morgan fingerprint density at radius 1 is 1.32 bits per heavy atom. The van der Waals surface area contributed by atoms with E-state index in [0.29, 0.717) is 0 Å². The van der Waals surface area contributed by atoms with Crippen molar-refractivity contribution in [2.75, 3.05) is 26.7 Å². The number of hydrogen-bond acceptors (Lipinski definition) is 2. The van der Waals surface area contributed by atoms with Gasteiger partial charge in [-0.3, -0.25) is 4.90 Å². The zero-order valence-corrected chi connectivity index (χ0v) is 13.4. The fourth-order valence-electron chi connectivity index (χ4n) is 3.04. The highest BCUT2D eigenvalue weighted by Crippen LogP contribution is 2.22. The Balaban J connectivity index is 2.11. The van der Waals surface area contributed by atoms with Crippen LogP contribution in [-0.2, 0) is 0 Å². The summed E-state index contributed by atoms with van der Waals surface area (Å²) in [6, 6.07) is 0. The van der Waals surface area contributed by atoms with Gasteiger partial charge < -0.3 is 5.32 Å². The number of piperidine rings is 1. The number of likely N-dealkylation sites (tertiary alicyclic amines) is 1. The molecule has 0 amide bonds. The van der Waals surface area contributed by atoms with E-state index in [1.807, 2.05) is 7.05 Å². The first-order valence-electron chi connectivity index (χ1n) is 8.19. The molecule has 0 saturated carbocycles. The zero-order chi connectivity index (χ0) is 14.1. The maximum Gasteiger partial charge on any atom is 0.0375 e. The van der Waals surface area contributed by atoms with Crippen LogP contribution >= 0.6 is 0 Å². The lowest BCUT2D eigenvalue weighted by Crippen LogP contribution is -2.38. The molecule has 1 atom stereocenters. The second-order valence-electron chi connectivity index (χ2n) is 6.63. The van der Waals surface area contributed by atoms with Gasteiger partial charge in [-0.1, -0.05) is 46.1 Å². The lowest BCUT2D eigenvalue weighted by molar-refractivity contribution is 0.176. The number of likely N-dealkylation sites (N-methyl/N-ethyl adjacent to an activating group) is 1. The normalized spacial score (nSPS) is 20.7. The minimum Gasteiger partial charge on any atom is -0.391 e. The van der Waals surface area contributed by atoms with Gasteiger partial charge in [0.05, 0.1) is 0 Å². The van der Waals surface area contributed by atoms with Crippen LogP contribution in [0, 0.1) is 11.8 Å². The number of nitrogens with one attached hydrogen (secondary N) is 1. The van der Waals surface area contributed by atoms with Crippen LogP contribution in [0.2, 0.25) is 0 Å². The molecule has 0 aromatic carbocycles. The van der Waals surface area contributed by atoms with Crippen LogP contribution in [0.25, 0.3) is 0 Å². The number of rotatable bonds is 9. The van der Waals surface area contributed by atoms with Crippen LogP contribution in [0.15, 0.2) is 12.3 Å². The molecule has 1 saturated heterocycles. The molecule has 1 heterocycles. The molecular weight excluding hydrogens is 232 g/mol. The molecule has 1 unspecified atom stereocenters. The summed E-state index contributed by atoms with van der Waals surface area (Å²) >= 11 is 0. The van der Waals surface area contributed by atoms with Gasteiger partial charge >= 0.3 is 0 Å². The molecule has 0 spiro atoms. The first-order valence-corrected chi connectivity index (χ1v) is 8.19. The minimum absolute atomic E-state index is 0.873. The van der Waals surface area contributed by atoms with Gasteiger partial charge in [0, 0.05) is 25.8 Å². The van der Waals surface area contributed by atoms with Crippen molar-refractivity contribution in [2.45, 2.75) is 58.8 Å². The van der Waals surface area contributed by atoms with Gasteiger partial charge in [-0.15, -0.1) is 0 Å². The van der Waals surface area contributed by atoms with Gasteiger partial charge in [0.1, 0.15) is 0 Å². The van der Waals surface area contributed by atoms with E-state index >= 15 is 0 Å². The molecule has 2 heteroatoms. The summed E-state index contributed by atoms with van der Waals surface area (Å²) in [5, 5.41) is 3.16. The largest absolute Gasteiger partial charge is 0.391 e. The third-order valence-corrected chi connectivity index (χ3v) is 4.26. The summed E-state index contributed by atoms with van der Waals surface area (Å²) in [5.74, 6) is 1.80. The molecule has 0 aromatic rings. The van der Waals surface area contributed by atoms with Crippen molar-refractivity contribution < 1.29 is 0 Å². The van der Waals surface area contributed by atoms with E-state index < -0.39 is 0 Å². The fourth-order valence-corrected chi connectivity index (χ4v) is 3.04. The SMILES string of the molecule is C=C(CN1CCCC(CCCCCC(C)C)C1)NC. The lowest BCUT2D eigenvalue weighted by Gasteiger charge is -2.33. The molecule has 1 fully saturated rings. The van der Waals surface area contributed by atoms with E-state index in [1.54, 1.807) is 0 Å². The quantitative estimate of drug-likeness (QED) is 0.634. The summed E-state index contributed by atoms with van der Waals surface area (Å²) in [7, 11) is 1.97. The van der Waals surface area contributed by atoms with Gasteiger partial charge in [0.25, 0.3) is 0 Å². The summed E-state index contributed by atoms with van der Waals surface area (Å²) in [5.41, 5.74) is 1.15. The molecular formula is C17H34N2. The zero-order valence-electron chi connectivity index (χ0n) is 13.4. The smallest absolute Gasteiger partial charge is 0.0375 e. The second kappa shape index (κ2) is 9.41. The topological polar surface area (TPSA) is 15.3 Å². The van der Waals surface area contributed by atoms with Gasteiger partial charge in [0.2, 0.25) is 0 Å². The summed E-state index contributed by atoms with van der Waals surface area (Å²) in [4.78, 5) is 2.57. The Kier molecular flexibility index (Phi) is 8.20. The monoisotopic (exact) mass is 266 g/mol. The van der Waals surface area contributed by atoms with Crippen LogP contribution < -0.4 is 5.32 Å². The van der Waals surface area contributed by atoms with Crippen molar-refractivity contribution in [3.05, 3.63) is 12.3 Å². The number of nitrogens with zero attached hydrogens (tertiary/aromatic N) is 1. The van der Waals surface area contributed by atoms with Gasteiger partial charge in [-0.25, -0.2) is 0 Å². The molecule has 0 radical (unpaired) electrons. The Labute approximate surface area is 120 Å². The Morgan fingerprint density at radius 3 is 2.79 bits per heavy atom. The average molecular weight is 266 g/mol. The highest BCUT2D eigenvalue weighted by atomic mass is 15.1. The van der Waals surface area contributed by atoms with E-state index in [9.17, 15) is 0 Å². The molecule has 112 valence electrons. The van der Waals surface area contributed by atoms with Crippen LogP contribution in [0.1, 0.15) is 58.8 Å².